The Kier molecular flexibility index (Phi) is 5.59. The third-order valence-corrected chi connectivity index (χ3v) is 4.34. The second-order valence-corrected chi connectivity index (χ2v) is 6.48. The molecule has 0 aliphatic heterocycles. The van der Waals surface area contributed by atoms with E-state index in [2.05, 4.69) is 0 Å². The van der Waals surface area contributed by atoms with E-state index in [1.165, 1.54) is 24.3 Å². The van der Waals surface area contributed by atoms with Gasteiger partial charge < -0.3 is 4.42 Å². The minimum Gasteiger partial charge on any atom is -0.457 e. The fraction of sp³-hybridized carbons (Fsp3) is 0. The number of allylic oxidation sites excluding steroid dienone is 1. The summed E-state index contributed by atoms with van der Waals surface area (Å²) in [6, 6.07) is 15.1. The normalized spacial score (nSPS) is 11.1. The van der Waals surface area contributed by atoms with Gasteiger partial charge in [0.1, 0.15) is 23.2 Å². The predicted molar refractivity (Wildman–Crippen MR) is 105 cm³/mol. The number of hydrogen-bond acceptors (Lipinski definition) is 5. The molecule has 28 heavy (non-hydrogen) atoms. The summed E-state index contributed by atoms with van der Waals surface area (Å²) >= 11 is 12.0. The van der Waals surface area contributed by atoms with Crippen molar-refractivity contribution in [3.05, 3.63) is 91.7 Å². The van der Waals surface area contributed by atoms with Crippen LogP contribution < -0.4 is 0 Å². The molecule has 2 aromatic carbocycles. The molecule has 0 fully saturated rings. The van der Waals surface area contributed by atoms with Crippen molar-refractivity contribution < 1.29 is 14.1 Å². The minimum atomic E-state index is -0.645. The number of nitrogens with zero attached hydrogens (tertiary/aromatic N) is 2. The van der Waals surface area contributed by atoms with E-state index in [4.69, 9.17) is 27.6 Å². The number of ketones is 1. The average Bonchev–Trinajstić information content (AvgIpc) is 3.14. The zero-order valence-electron chi connectivity index (χ0n) is 14.1. The maximum Gasteiger partial charge on any atom is 0.270 e. The molecule has 0 saturated heterocycles. The number of hydrogen-bond donors (Lipinski definition) is 0. The molecule has 8 heteroatoms. The van der Waals surface area contributed by atoms with Crippen molar-refractivity contribution in [3.8, 4) is 17.4 Å². The number of nitro benzene ring substituents is 1. The molecular weight excluding hydrogens is 403 g/mol. The van der Waals surface area contributed by atoms with Crippen molar-refractivity contribution in [1.29, 1.82) is 5.26 Å². The van der Waals surface area contributed by atoms with Crippen LogP contribution in [0.15, 0.2) is 64.6 Å². The van der Waals surface area contributed by atoms with Crippen LogP contribution in [0.2, 0.25) is 10.0 Å². The monoisotopic (exact) mass is 412 g/mol. The summed E-state index contributed by atoms with van der Waals surface area (Å²) in [7, 11) is 0. The number of halogens is 2. The Balaban J connectivity index is 1.92. The van der Waals surface area contributed by atoms with Crippen molar-refractivity contribution in [2.75, 3.05) is 0 Å². The average molecular weight is 413 g/mol. The van der Waals surface area contributed by atoms with Gasteiger partial charge in [-0.15, -0.1) is 0 Å². The minimum absolute atomic E-state index is 0.0366. The van der Waals surface area contributed by atoms with Gasteiger partial charge in [-0.25, -0.2) is 0 Å². The highest BCUT2D eigenvalue weighted by molar-refractivity contribution is 6.36. The van der Waals surface area contributed by atoms with Gasteiger partial charge in [-0.2, -0.15) is 5.26 Å². The third-order valence-electron chi connectivity index (χ3n) is 3.79. The number of carbonyl (C=O) groups is 1. The van der Waals surface area contributed by atoms with Gasteiger partial charge in [0.2, 0.25) is 5.78 Å². The number of rotatable bonds is 5. The van der Waals surface area contributed by atoms with Crippen LogP contribution in [0.5, 0.6) is 0 Å². The molecule has 0 bridgehead atoms. The number of carbonyl (C=O) groups excluding carboxylic acids is 1. The van der Waals surface area contributed by atoms with Crippen molar-refractivity contribution in [1.82, 2.24) is 0 Å². The predicted octanol–water partition coefficient (Wildman–Crippen LogP) is 5.95. The maximum atomic E-state index is 12.5. The van der Waals surface area contributed by atoms with Crippen LogP contribution in [-0.2, 0) is 0 Å². The van der Waals surface area contributed by atoms with Gasteiger partial charge in [0.25, 0.3) is 5.69 Å². The van der Waals surface area contributed by atoms with Gasteiger partial charge >= 0.3 is 0 Å². The Bertz CT molecular complexity index is 1160. The van der Waals surface area contributed by atoms with Gasteiger partial charge in [-0.05, 0) is 30.3 Å². The first kappa shape index (κ1) is 19.4. The van der Waals surface area contributed by atoms with Crippen molar-refractivity contribution >= 4 is 40.7 Å². The highest BCUT2D eigenvalue weighted by atomic mass is 35.5. The number of Topliss-reactive ketones (excluding diaryl/α,β-unsaturated/α-hetero) is 1. The first-order valence-electron chi connectivity index (χ1n) is 7.85. The molecule has 0 aliphatic carbocycles. The number of benzene rings is 2. The molecular formula is C20H10Cl2N2O4. The highest BCUT2D eigenvalue weighted by Crippen LogP contribution is 2.32. The van der Waals surface area contributed by atoms with Gasteiger partial charge in [0, 0.05) is 34.4 Å². The molecule has 0 spiro atoms. The number of nitro groups is 1. The lowest BCUT2D eigenvalue weighted by Crippen LogP contribution is -2.02. The summed E-state index contributed by atoms with van der Waals surface area (Å²) in [4.78, 5) is 22.8. The summed E-state index contributed by atoms with van der Waals surface area (Å²) in [5.41, 5.74) is 0.188. The van der Waals surface area contributed by atoms with E-state index in [0.29, 0.717) is 21.4 Å². The number of nitriles is 1. The van der Waals surface area contributed by atoms with E-state index in [9.17, 15) is 20.2 Å². The van der Waals surface area contributed by atoms with Gasteiger partial charge in [0.05, 0.1) is 9.95 Å². The second-order valence-electron chi connectivity index (χ2n) is 5.63. The van der Waals surface area contributed by atoms with Crippen LogP contribution in [0.1, 0.15) is 16.1 Å². The second kappa shape index (κ2) is 8.09. The van der Waals surface area contributed by atoms with Crippen molar-refractivity contribution in [2.45, 2.75) is 0 Å². The van der Waals surface area contributed by atoms with E-state index in [0.717, 1.165) is 6.07 Å². The fourth-order valence-corrected chi connectivity index (χ4v) is 2.97. The van der Waals surface area contributed by atoms with Gasteiger partial charge in [0.15, 0.2) is 0 Å². The molecule has 3 rings (SSSR count). The molecule has 0 atom stereocenters. The smallest absolute Gasteiger partial charge is 0.270 e. The zero-order chi connectivity index (χ0) is 20.3. The largest absolute Gasteiger partial charge is 0.457 e. The van der Waals surface area contributed by atoms with E-state index in [-0.39, 0.29) is 22.6 Å². The van der Waals surface area contributed by atoms with Crippen LogP contribution in [0.25, 0.3) is 17.4 Å². The first-order valence-corrected chi connectivity index (χ1v) is 8.61. The number of furan rings is 1. The Hall–Kier alpha value is -3.40. The van der Waals surface area contributed by atoms with Crippen LogP contribution in [0.3, 0.4) is 0 Å². The molecule has 0 amide bonds. The molecule has 3 aromatic rings. The summed E-state index contributed by atoms with van der Waals surface area (Å²) in [6.07, 6.45) is 1.27. The standard InChI is InChI=1S/C20H10Cl2N2O4/c21-14-4-6-17(18(22)10-14)19-7-5-16(28-19)9-13(11-23)20(25)12-2-1-3-15(8-12)24(26)27/h1-10H. The lowest BCUT2D eigenvalue weighted by atomic mass is 10.0. The molecule has 0 N–H and O–H groups in total. The Labute approximate surface area is 169 Å². The molecule has 0 aliphatic rings. The quantitative estimate of drug-likeness (QED) is 0.169. The summed E-state index contributed by atoms with van der Waals surface area (Å²) < 4.78 is 5.66. The van der Waals surface area contributed by atoms with Crippen LogP contribution in [-0.4, -0.2) is 10.7 Å². The lowest BCUT2D eigenvalue weighted by molar-refractivity contribution is -0.384. The van der Waals surface area contributed by atoms with Gasteiger partial charge in [-0.1, -0.05) is 35.3 Å². The van der Waals surface area contributed by atoms with Gasteiger partial charge in [-0.3, -0.25) is 14.9 Å². The lowest BCUT2D eigenvalue weighted by Gasteiger charge is -2.01. The molecule has 6 nitrogen and oxygen atoms in total. The van der Waals surface area contributed by atoms with E-state index < -0.39 is 10.7 Å². The topological polar surface area (TPSA) is 97.1 Å². The third kappa shape index (κ3) is 4.12. The van der Waals surface area contributed by atoms with E-state index >= 15 is 0 Å². The van der Waals surface area contributed by atoms with Crippen molar-refractivity contribution in [2.24, 2.45) is 0 Å². The van der Waals surface area contributed by atoms with Crippen LogP contribution >= 0.6 is 23.2 Å². The summed E-state index contributed by atoms with van der Waals surface area (Å²) in [6.45, 7) is 0. The molecule has 1 aromatic heterocycles. The highest BCUT2D eigenvalue weighted by Gasteiger charge is 2.17. The van der Waals surface area contributed by atoms with Crippen LogP contribution in [0, 0.1) is 21.4 Å². The van der Waals surface area contributed by atoms with E-state index in [1.54, 1.807) is 36.4 Å². The van der Waals surface area contributed by atoms with Crippen LogP contribution in [0.4, 0.5) is 5.69 Å². The molecule has 1 heterocycles. The molecule has 0 unspecified atom stereocenters. The number of non-ortho nitro benzene ring substituents is 1. The Morgan fingerprint density at radius 3 is 2.61 bits per heavy atom. The first-order chi connectivity index (χ1) is 13.4. The molecule has 0 saturated carbocycles. The maximum absolute atomic E-state index is 12.5. The Morgan fingerprint density at radius 2 is 1.93 bits per heavy atom. The Morgan fingerprint density at radius 1 is 1.14 bits per heavy atom. The summed E-state index contributed by atoms with van der Waals surface area (Å²) in [5.74, 6) is 0.0537. The zero-order valence-corrected chi connectivity index (χ0v) is 15.6. The molecule has 0 radical (unpaired) electrons. The van der Waals surface area contributed by atoms with Crippen molar-refractivity contribution in [3.63, 3.8) is 0 Å². The SMILES string of the molecule is N#CC(=Cc1ccc(-c2ccc(Cl)cc2Cl)o1)C(=O)c1cccc([N+](=O)[O-])c1. The molecule has 138 valence electrons. The van der Waals surface area contributed by atoms with E-state index in [1.807, 2.05) is 0 Å². The fourth-order valence-electron chi connectivity index (χ4n) is 2.47. The summed E-state index contributed by atoms with van der Waals surface area (Å²) in [5, 5.41) is 21.1.